The van der Waals surface area contributed by atoms with Gasteiger partial charge in [0.15, 0.2) is 0 Å². The van der Waals surface area contributed by atoms with E-state index >= 15 is 0 Å². The van der Waals surface area contributed by atoms with Gasteiger partial charge in [0.25, 0.3) is 0 Å². The summed E-state index contributed by atoms with van der Waals surface area (Å²) in [7, 11) is 0. The SMILES string of the molecule is CCCCCCCCCCCCCCCCCCN(C(=O)CCCCCCCCCCCCCCCCC)[C@H]1CC[C@@]2(C)C(CC[C@H]3[C@@H]4CC[C@H]([C@H](C)CCCC(C)C)[C@@]4(C)CC[C@@H]32)C1. The molecule has 9 atom stereocenters. The molecule has 0 spiro atoms. The average Bonchev–Trinajstić information content (AvgIpc) is 3.65. The van der Waals surface area contributed by atoms with E-state index in [9.17, 15) is 4.79 Å². The molecule has 4 aliphatic rings. The third-order valence-corrected chi connectivity index (χ3v) is 19.8. The van der Waals surface area contributed by atoms with Crippen molar-refractivity contribution in [1.29, 1.82) is 0 Å². The van der Waals surface area contributed by atoms with Crippen molar-refractivity contribution in [2.75, 3.05) is 6.54 Å². The molecule has 0 aromatic carbocycles. The molecule has 65 heavy (non-hydrogen) atoms. The minimum absolute atomic E-state index is 0.499. The molecule has 0 bridgehead atoms. The van der Waals surface area contributed by atoms with E-state index in [-0.39, 0.29) is 0 Å². The number of hydrogen-bond acceptors (Lipinski definition) is 1. The average molecular weight is 907 g/mol. The maximum atomic E-state index is 14.3. The summed E-state index contributed by atoms with van der Waals surface area (Å²) in [5, 5.41) is 0. The molecule has 382 valence electrons. The first-order valence-corrected chi connectivity index (χ1v) is 30.9. The number of amides is 1. The summed E-state index contributed by atoms with van der Waals surface area (Å²) in [5.74, 6) is 6.91. The topological polar surface area (TPSA) is 20.3 Å². The van der Waals surface area contributed by atoms with Crippen molar-refractivity contribution in [3.05, 3.63) is 0 Å². The van der Waals surface area contributed by atoms with Gasteiger partial charge < -0.3 is 4.90 Å². The molecule has 4 saturated carbocycles. The van der Waals surface area contributed by atoms with Gasteiger partial charge in [0.05, 0.1) is 0 Å². The summed E-state index contributed by atoms with van der Waals surface area (Å²) >= 11 is 0. The Morgan fingerprint density at radius 3 is 1.42 bits per heavy atom. The van der Waals surface area contributed by atoms with Gasteiger partial charge in [-0.1, -0.05) is 254 Å². The third kappa shape index (κ3) is 19.7. The van der Waals surface area contributed by atoms with Crippen molar-refractivity contribution in [2.24, 2.45) is 52.3 Å². The molecular weight excluding hydrogens is 787 g/mol. The van der Waals surface area contributed by atoms with Gasteiger partial charge in [-0.3, -0.25) is 4.79 Å². The molecule has 2 heteroatoms. The molecule has 0 aromatic rings. The first kappa shape index (κ1) is 57.1. The van der Waals surface area contributed by atoms with E-state index < -0.39 is 0 Å². The Kier molecular flexibility index (Phi) is 29.1. The van der Waals surface area contributed by atoms with Crippen LogP contribution in [0.2, 0.25) is 0 Å². The van der Waals surface area contributed by atoms with Crippen LogP contribution in [0.5, 0.6) is 0 Å². The Labute approximate surface area is 409 Å². The van der Waals surface area contributed by atoms with Gasteiger partial charge in [0.1, 0.15) is 0 Å². The predicted octanol–water partition coefficient (Wildman–Crippen LogP) is 20.8. The smallest absolute Gasteiger partial charge is 0.222 e. The van der Waals surface area contributed by atoms with Crippen molar-refractivity contribution in [2.45, 2.75) is 337 Å². The van der Waals surface area contributed by atoms with Gasteiger partial charge in [-0.15, -0.1) is 0 Å². The van der Waals surface area contributed by atoms with Gasteiger partial charge >= 0.3 is 0 Å². The van der Waals surface area contributed by atoms with Crippen LogP contribution in [0.25, 0.3) is 0 Å². The molecule has 2 nitrogen and oxygen atoms in total. The lowest BCUT2D eigenvalue weighted by Gasteiger charge is -2.62. The summed E-state index contributed by atoms with van der Waals surface area (Å²) in [4.78, 5) is 16.8. The van der Waals surface area contributed by atoms with Crippen LogP contribution < -0.4 is 0 Å². The molecule has 1 unspecified atom stereocenters. The molecule has 4 rings (SSSR count). The normalized spacial score (nSPS) is 28.0. The van der Waals surface area contributed by atoms with Gasteiger partial charge in [-0.2, -0.15) is 0 Å². The van der Waals surface area contributed by atoms with Crippen LogP contribution in [0.15, 0.2) is 0 Å². The van der Waals surface area contributed by atoms with Gasteiger partial charge in [-0.05, 0) is 123 Å². The van der Waals surface area contributed by atoms with E-state index in [1.165, 1.54) is 270 Å². The number of unbranched alkanes of at least 4 members (excludes halogenated alkanes) is 29. The fourth-order valence-electron chi connectivity index (χ4n) is 15.7. The number of carbonyl (C=O) groups excluding carboxylic acids is 1. The van der Waals surface area contributed by atoms with Crippen molar-refractivity contribution in [3.63, 3.8) is 0 Å². The maximum absolute atomic E-state index is 14.3. The van der Waals surface area contributed by atoms with E-state index in [2.05, 4.69) is 53.4 Å². The number of fused-ring (bicyclic) bond motifs is 5. The largest absolute Gasteiger partial charge is 0.340 e. The molecular formula is C63H119NO. The highest BCUT2D eigenvalue weighted by Crippen LogP contribution is 2.68. The summed E-state index contributed by atoms with van der Waals surface area (Å²) in [5.41, 5.74) is 1.08. The molecule has 4 aliphatic carbocycles. The van der Waals surface area contributed by atoms with Crippen LogP contribution in [-0.2, 0) is 4.79 Å². The Morgan fingerprint density at radius 1 is 0.477 bits per heavy atom. The minimum Gasteiger partial charge on any atom is -0.340 e. The first-order chi connectivity index (χ1) is 31.7. The highest BCUT2D eigenvalue weighted by Gasteiger charge is 2.60. The van der Waals surface area contributed by atoms with Gasteiger partial charge in [-0.25, -0.2) is 0 Å². The molecule has 0 heterocycles. The summed E-state index contributed by atoms with van der Waals surface area (Å²) in [6, 6.07) is 0.501. The van der Waals surface area contributed by atoms with E-state index in [1.807, 2.05) is 0 Å². The zero-order valence-electron chi connectivity index (χ0n) is 45.8. The minimum atomic E-state index is 0.499. The second kappa shape index (κ2) is 33.1. The number of hydrogen-bond donors (Lipinski definition) is 0. The van der Waals surface area contributed by atoms with Crippen molar-refractivity contribution in [3.8, 4) is 0 Å². The lowest BCUT2D eigenvalue weighted by atomic mass is 9.44. The molecule has 4 fully saturated rings. The van der Waals surface area contributed by atoms with E-state index in [0.717, 1.165) is 60.8 Å². The third-order valence-electron chi connectivity index (χ3n) is 19.8. The predicted molar refractivity (Wildman–Crippen MR) is 288 cm³/mol. The van der Waals surface area contributed by atoms with Crippen molar-refractivity contribution in [1.82, 2.24) is 4.90 Å². The first-order valence-electron chi connectivity index (χ1n) is 30.9. The highest BCUT2D eigenvalue weighted by atomic mass is 16.2. The van der Waals surface area contributed by atoms with Gasteiger partial charge in [0.2, 0.25) is 5.91 Å². The van der Waals surface area contributed by atoms with Crippen LogP contribution in [0, 0.1) is 52.3 Å². The fourth-order valence-corrected chi connectivity index (χ4v) is 15.7. The standard InChI is InChI=1S/C63H119NO/c1-8-10-12-14-16-18-20-22-24-26-28-30-32-34-36-38-51-64(61(65)42-37-35-33-31-29-27-25-23-21-19-17-15-13-11-9-2)56-47-49-62(6)55(52-56)43-44-57-59-46-45-58(54(5)41-39-40-53(3)4)63(59,7)50-48-60(57)62/h53-60H,8-52H2,1-7H3/t54-,55?,56+,57+,58-,59+,60+,62+,63-/m1/s1. The molecule has 0 aromatic heterocycles. The van der Waals surface area contributed by atoms with Crippen molar-refractivity contribution >= 4 is 5.91 Å². The Hall–Kier alpha value is -0.530. The lowest BCUT2D eigenvalue weighted by Crippen LogP contribution is -2.56. The second-order valence-corrected chi connectivity index (χ2v) is 25.2. The van der Waals surface area contributed by atoms with Crippen molar-refractivity contribution < 1.29 is 4.79 Å². The summed E-state index contributed by atoms with van der Waals surface area (Å²) in [6.45, 7) is 18.7. The highest BCUT2D eigenvalue weighted by molar-refractivity contribution is 5.76. The monoisotopic (exact) mass is 906 g/mol. The molecule has 0 radical (unpaired) electrons. The molecule has 0 aliphatic heterocycles. The van der Waals surface area contributed by atoms with Crippen LogP contribution in [0.1, 0.15) is 331 Å². The molecule has 0 N–H and O–H groups in total. The van der Waals surface area contributed by atoms with E-state index in [4.69, 9.17) is 0 Å². The van der Waals surface area contributed by atoms with Gasteiger partial charge in [0, 0.05) is 19.0 Å². The summed E-state index contributed by atoms with van der Waals surface area (Å²) in [6.07, 6.45) is 61.4. The molecule has 0 saturated heterocycles. The second-order valence-electron chi connectivity index (χ2n) is 25.2. The van der Waals surface area contributed by atoms with E-state index in [1.54, 1.807) is 0 Å². The quantitative estimate of drug-likeness (QED) is 0.0563. The Morgan fingerprint density at radius 2 is 0.923 bits per heavy atom. The number of carbonyl (C=O) groups is 1. The lowest BCUT2D eigenvalue weighted by molar-refractivity contribution is -0.143. The van der Waals surface area contributed by atoms with Crippen LogP contribution >= 0.6 is 0 Å². The van der Waals surface area contributed by atoms with Crippen LogP contribution in [0.3, 0.4) is 0 Å². The van der Waals surface area contributed by atoms with E-state index in [0.29, 0.717) is 22.8 Å². The zero-order chi connectivity index (χ0) is 46.6. The maximum Gasteiger partial charge on any atom is 0.222 e. The van der Waals surface area contributed by atoms with Crippen LogP contribution in [-0.4, -0.2) is 23.4 Å². The molecule has 1 amide bonds. The zero-order valence-corrected chi connectivity index (χ0v) is 45.8. The number of rotatable bonds is 39. The number of nitrogens with zero attached hydrogens (tertiary/aromatic N) is 1. The Bertz CT molecular complexity index is 1180. The Balaban J connectivity index is 1.20. The summed E-state index contributed by atoms with van der Waals surface area (Å²) < 4.78 is 0. The van der Waals surface area contributed by atoms with Crippen LogP contribution in [0.4, 0.5) is 0 Å². The fraction of sp³-hybridized carbons (Fsp3) is 0.984.